The third kappa shape index (κ3) is 27.1. The molecule has 0 amide bonds. The number of hydrogen-bond acceptors (Lipinski definition) is 25. The smallest absolute Gasteiger partial charge is 0.168 e. The van der Waals surface area contributed by atoms with Gasteiger partial charge in [0.05, 0.1) is 139 Å². The van der Waals surface area contributed by atoms with Gasteiger partial charge in [-0.3, -0.25) is 43.9 Å². The first-order valence-electron chi connectivity index (χ1n) is 37.6. The van der Waals surface area contributed by atoms with E-state index in [0.717, 1.165) is 34.0 Å². The van der Waals surface area contributed by atoms with E-state index in [1.165, 1.54) is 92.6 Å². The van der Waals surface area contributed by atoms with Crippen LogP contribution in [0.2, 0.25) is 30.3 Å². The van der Waals surface area contributed by atoms with E-state index in [0.29, 0.717) is 98.0 Å². The van der Waals surface area contributed by atoms with Gasteiger partial charge in [-0.25, -0.2) is 68.0 Å². The van der Waals surface area contributed by atoms with E-state index >= 15 is 0 Å². The van der Waals surface area contributed by atoms with Gasteiger partial charge in [-0.2, -0.15) is 0 Å². The molecule has 0 bridgehead atoms. The van der Waals surface area contributed by atoms with E-state index < -0.39 is 17.5 Å². The van der Waals surface area contributed by atoms with Crippen LogP contribution in [0.4, 0.5) is 70.0 Å². The number of carbonyl (C=O) groups excluding carboxylic acids is 5. The van der Waals surface area contributed by atoms with Crippen molar-refractivity contribution in [1.29, 1.82) is 0 Å². The van der Waals surface area contributed by atoms with Crippen molar-refractivity contribution in [3.8, 4) is 0 Å². The predicted octanol–water partition coefficient (Wildman–Crippen LogP) is 20.0. The molecule has 10 heterocycles. The lowest BCUT2D eigenvalue weighted by Gasteiger charge is -2.19. The summed E-state index contributed by atoms with van der Waals surface area (Å²) in [5.41, 5.74) is 12.4. The van der Waals surface area contributed by atoms with Gasteiger partial charge in [-0.05, 0) is 164 Å². The van der Waals surface area contributed by atoms with Crippen LogP contribution >= 0.6 is 69.6 Å². The summed E-state index contributed by atoms with van der Waals surface area (Å²) in [6, 6.07) is 42.1. The van der Waals surface area contributed by atoms with Gasteiger partial charge in [-0.15, -0.1) is 0 Å². The molecule has 15 rings (SSSR count). The molecular formula is C91H73Cl6F3N20O5. The van der Waals surface area contributed by atoms with Crippen LogP contribution in [0.1, 0.15) is 85.8 Å². The standard InChI is InChI=1S/C19H17ClN4O.C18H14Cl2N4O.3C18H14ClFN4O/c1-13-3-4-23-16(5-13)9-19(25)14-6-15(20)8-17(7-14)24(2)18-10-21-12-22-11-18;1-24(17-9-21-11-22-10-17)16-5-12(4-14(20)6-16)18(25)7-15-3-2-13(19)8-23-15;1-24(17-9-21-11-22-10-17)16-5-12(4-14(20)7-16)18(25)8-15-6-13(19)2-3-23-15;1-24(15-9-21-11-22-10-15)17-6-12(2-3-16(17)20)18(25)8-14-7-13(19)4-5-23-14;1-24(14-9-21-11-22-10-14)16-7-12(5-6-15(16)20)17(25)8-13-3-2-4-18(19)23-13/h3-8,10-12H,9H2,1-2H3;2-6,8-11H,7H2,1H3;3*2-7,9-11H,8H2,1H3. The minimum atomic E-state index is -0.497. The Balaban J connectivity index is 0.000000152. The maximum atomic E-state index is 14.2. The van der Waals surface area contributed by atoms with Crippen LogP contribution < -0.4 is 24.5 Å². The maximum Gasteiger partial charge on any atom is 0.168 e. The number of aryl methyl sites for hydroxylation is 1. The number of hydrogen-bond donors (Lipinski definition) is 0. The fraction of sp³-hybridized carbons (Fsp3) is 0.121. The van der Waals surface area contributed by atoms with Gasteiger partial charge >= 0.3 is 0 Å². The Hall–Kier alpha value is -13.9. The molecule has 15 aromatic rings. The van der Waals surface area contributed by atoms with Crippen molar-refractivity contribution in [3.63, 3.8) is 0 Å². The predicted molar refractivity (Wildman–Crippen MR) is 479 cm³/mol. The highest BCUT2D eigenvalue weighted by Gasteiger charge is 2.22. The summed E-state index contributed by atoms with van der Waals surface area (Å²) >= 11 is 35.9. The second kappa shape index (κ2) is 44.8. The second-order valence-corrected chi connectivity index (χ2v) is 29.9. The Morgan fingerprint density at radius 3 is 1.02 bits per heavy atom. The fourth-order valence-corrected chi connectivity index (χ4v) is 13.0. The van der Waals surface area contributed by atoms with Crippen molar-refractivity contribution in [1.82, 2.24) is 74.8 Å². The summed E-state index contributed by atoms with van der Waals surface area (Å²) in [4.78, 5) is 132. The lowest BCUT2D eigenvalue weighted by Crippen LogP contribution is -2.13. The minimum Gasteiger partial charge on any atom is -0.342 e. The molecule has 0 fully saturated rings. The van der Waals surface area contributed by atoms with Gasteiger partial charge in [0.2, 0.25) is 0 Å². The van der Waals surface area contributed by atoms with Crippen molar-refractivity contribution in [2.75, 3.05) is 59.7 Å². The normalized spacial score (nSPS) is 10.5. The van der Waals surface area contributed by atoms with Crippen LogP contribution in [-0.4, -0.2) is 139 Å². The fourth-order valence-electron chi connectivity index (χ4n) is 11.9. The first-order chi connectivity index (χ1) is 60.2. The number of nitrogens with zero attached hydrogens (tertiary/aromatic N) is 20. The molecule has 0 N–H and O–H groups in total. The highest BCUT2D eigenvalue weighted by molar-refractivity contribution is 6.32. The number of aromatic nitrogens is 15. The van der Waals surface area contributed by atoms with Gasteiger partial charge in [0, 0.05) is 153 Å². The molecule has 0 saturated heterocycles. The summed E-state index contributed by atoms with van der Waals surface area (Å²) in [5, 5.41) is 2.86. The van der Waals surface area contributed by atoms with Crippen LogP contribution in [0.25, 0.3) is 0 Å². The largest absolute Gasteiger partial charge is 0.342 e. The molecule has 0 spiro atoms. The zero-order chi connectivity index (χ0) is 89.1. The molecule has 0 atom stereocenters. The molecule has 630 valence electrons. The number of carbonyl (C=O) groups is 5. The number of pyridine rings is 5. The molecule has 0 radical (unpaired) electrons. The average molecular weight is 1800 g/mol. The first-order valence-corrected chi connectivity index (χ1v) is 39.9. The monoisotopic (exact) mass is 1790 g/mol. The molecule has 5 aromatic carbocycles. The molecule has 25 nitrogen and oxygen atoms in total. The van der Waals surface area contributed by atoms with Crippen molar-refractivity contribution < 1.29 is 37.1 Å². The highest BCUT2D eigenvalue weighted by Crippen LogP contribution is 2.33. The molecule has 125 heavy (non-hydrogen) atoms. The second-order valence-electron chi connectivity index (χ2n) is 27.4. The summed E-state index contributed by atoms with van der Waals surface area (Å²) in [6.07, 6.45) is 30.3. The van der Waals surface area contributed by atoms with Crippen molar-refractivity contribution in [2.45, 2.75) is 39.0 Å². The van der Waals surface area contributed by atoms with Gasteiger partial charge in [0.15, 0.2) is 28.9 Å². The van der Waals surface area contributed by atoms with Crippen LogP contribution in [0.5, 0.6) is 0 Å². The average Bonchev–Trinajstić information content (AvgIpc) is 0.834. The number of rotatable bonds is 25. The number of ketones is 5. The van der Waals surface area contributed by atoms with Gasteiger partial charge < -0.3 is 24.5 Å². The summed E-state index contributed by atoms with van der Waals surface area (Å²) in [6.45, 7) is 1.98. The van der Waals surface area contributed by atoms with Gasteiger partial charge in [0.1, 0.15) is 54.2 Å². The molecule has 34 heteroatoms. The third-order valence-corrected chi connectivity index (χ3v) is 19.8. The molecule has 10 aromatic heterocycles. The zero-order valence-electron chi connectivity index (χ0n) is 67.4. The van der Waals surface area contributed by atoms with Crippen LogP contribution in [0.3, 0.4) is 0 Å². The minimum absolute atomic E-state index is 0.0282. The molecular weight excluding hydrogens is 1720 g/mol. The number of benzene rings is 5. The van der Waals surface area contributed by atoms with Crippen LogP contribution in [-0.2, 0) is 32.1 Å². The van der Waals surface area contributed by atoms with Crippen molar-refractivity contribution in [3.05, 3.63) is 386 Å². The summed E-state index contributed by atoms with van der Waals surface area (Å²) in [7, 11) is 8.86. The van der Waals surface area contributed by atoms with E-state index in [4.69, 9.17) is 69.6 Å². The molecule has 0 aliphatic carbocycles. The Labute approximate surface area is 746 Å². The van der Waals surface area contributed by atoms with E-state index in [-0.39, 0.29) is 78.0 Å². The Kier molecular flexibility index (Phi) is 32.9. The zero-order valence-corrected chi connectivity index (χ0v) is 71.9. The third-order valence-electron chi connectivity index (χ3n) is 18.5. The number of Topliss-reactive ketones (excluding diaryl/α,β-unsaturated/α-hetero) is 5. The Morgan fingerprint density at radius 1 is 0.288 bits per heavy atom. The number of anilines is 10. The number of halogens is 9. The lowest BCUT2D eigenvalue weighted by atomic mass is 10.0. The quantitative estimate of drug-likeness (QED) is 0.0379. The highest BCUT2D eigenvalue weighted by atomic mass is 35.5. The van der Waals surface area contributed by atoms with E-state index in [1.807, 2.05) is 49.0 Å². The SMILES string of the molecule is CN(c1cncnc1)c1cc(C(=O)Cc2cc(Cl)ccn2)ccc1F.CN(c1cncnc1)c1cc(C(=O)Cc2cccc(Cl)n2)ccc1F.CN(c1cncnc1)c1cc(Cl)cc(C(=O)Cc2ccc(Cl)cn2)c1.CN(c1cncnc1)c1cc(F)cc(C(=O)Cc2cc(Cl)ccn2)c1.Cc1ccnc(CC(=O)c2cc(Cl)cc(N(C)c3cncnc3)c2)c1. The molecule has 0 unspecified atom stereocenters. The van der Waals surface area contributed by atoms with E-state index in [2.05, 4.69) is 74.8 Å². The maximum absolute atomic E-state index is 14.2. The van der Waals surface area contributed by atoms with Crippen LogP contribution in [0, 0.1) is 24.4 Å². The first kappa shape index (κ1) is 91.9. The molecule has 0 aliphatic rings. The van der Waals surface area contributed by atoms with Crippen LogP contribution in [0.15, 0.2) is 276 Å². The van der Waals surface area contributed by atoms with Gasteiger partial charge in [-0.1, -0.05) is 75.7 Å². The summed E-state index contributed by atoms with van der Waals surface area (Å²) in [5.74, 6) is -2.07. The van der Waals surface area contributed by atoms with E-state index in [9.17, 15) is 37.1 Å². The van der Waals surface area contributed by atoms with E-state index in [1.54, 1.807) is 201 Å². The lowest BCUT2D eigenvalue weighted by molar-refractivity contribution is 0.0983. The summed E-state index contributed by atoms with van der Waals surface area (Å²) < 4.78 is 42.5. The molecule has 0 saturated carbocycles. The topological polar surface area (TPSA) is 295 Å². The van der Waals surface area contributed by atoms with Crippen molar-refractivity contribution >= 4 is 155 Å². The van der Waals surface area contributed by atoms with Crippen molar-refractivity contribution in [2.24, 2.45) is 0 Å². The Morgan fingerprint density at radius 2 is 0.640 bits per heavy atom. The van der Waals surface area contributed by atoms with Gasteiger partial charge in [0.25, 0.3) is 0 Å². The Bertz CT molecular complexity index is 5950. The molecule has 0 aliphatic heterocycles.